The van der Waals surface area contributed by atoms with Gasteiger partial charge in [0.15, 0.2) is 0 Å². The summed E-state index contributed by atoms with van der Waals surface area (Å²) in [4.78, 5) is 29.3. The second-order valence-corrected chi connectivity index (χ2v) is 13.4. The van der Waals surface area contributed by atoms with Crippen LogP contribution in [-0.4, -0.2) is 77.8 Å². The number of nitrogens with one attached hydrogen (secondary N) is 1. The largest absolute Gasteiger partial charge is 0.508 e. The van der Waals surface area contributed by atoms with Crippen molar-refractivity contribution >= 4 is 23.4 Å². The van der Waals surface area contributed by atoms with Gasteiger partial charge >= 0.3 is 0 Å². The van der Waals surface area contributed by atoms with Gasteiger partial charge in [-0.1, -0.05) is 44.5 Å². The van der Waals surface area contributed by atoms with E-state index in [2.05, 4.69) is 37.1 Å². The number of hydrogen-bond donors (Lipinski definition) is 2. The lowest BCUT2D eigenvalue weighted by molar-refractivity contribution is -0.157. The number of morpholine rings is 1. The fourth-order valence-corrected chi connectivity index (χ4v) is 5.98. The predicted octanol–water partition coefficient (Wildman–Crippen LogP) is 5.13. The van der Waals surface area contributed by atoms with E-state index in [1.165, 1.54) is 6.92 Å². The number of hydrogen-bond acceptors (Lipinski definition) is 6. The Morgan fingerprint density at radius 2 is 1.79 bits per heavy atom. The summed E-state index contributed by atoms with van der Waals surface area (Å²) in [7, 11) is 0. The quantitative estimate of drug-likeness (QED) is 0.437. The zero-order valence-electron chi connectivity index (χ0n) is 25.9. The van der Waals surface area contributed by atoms with Gasteiger partial charge in [0.1, 0.15) is 23.7 Å². The first-order valence-electron chi connectivity index (χ1n) is 14.9. The monoisotopic (exact) mass is 599 g/mol. The molecule has 230 valence electrons. The van der Waals surface area contributed by atoms with Crippen molar-refractivity contribution in [1.29, 1.82) is 0 Å². The zero-order valence-corrected chi connectivity index (χ0v) is 26.6. The molecular formula is C33H46ClN3O5. The molecule has 2 fully saturated rings. The maximum Gasteiger partial charge on any atom is 0.225 e. The number of rotatable bonds is 8. The van der Waals surface area contributed by atoms with E-state index in [1.54, 1.807) is 6.07 Å². The molecule has 2 aliphatic rings. The Bertz CT molecular complexity index is 1260. The number of likely N-dealkylation sites (tertiary alicyclic amines) is 1. The first kappa shape index (κ1) is 32.1. The Balaban J connectivity index is 1.53. The summed E-state index contributed by atoms with van der Waals surface area (Å²) in [5.74, 6) is 0.927. The zero-order chi connectivity index (χ0) is 30.7. The van der Waals surface area contributed by atoms with Gasteiger partial charge in [-0.2, -0.15) is 0 Å². The lowest BCUT2D eigenvalue weighted by Gasteiger charge is -2.43. The van der Waals surface area contributed by atoms with Crippen LogP contribution in [0.4, 0.5) is 0 Å². The number of aryl methyl sites for hydroxylation is 2. The van der Waals surface area contributed by atoms with Gasteiger partial charge in [-0.25, -0.2) is 0 Å². The van der Waals surface area contributed by atoms with Gasteiger partial charge in [0.05, 0.1) is 13.0 Å². The Labute approximate surface area is 255 Å². The highest BCUT2D eigenvalue weighted by Crippen LogP contribution is 2.32. The van der Waals surface area contributed by atoms with Gasteiger partial charge in [0, 0.05) is 56.3 Å². The minimum atomic E-state index is -0.873. The number of aromatic hydroxyl groups is 1. The van der Waals surface area contributed by atoms with Crippen molar-refractivity contribution in [2.24, 2.45) is 0 Å². The maximum absolute atomic E-state index is 13.7. The third-order valence-corrected chi connectivity index (χ3v) is 8.90. The Morgan fingerprint density at radius 3 is 2.40 bits per heavy atom. The molecule has 0 saturated carbocycles. The molecule has 2 N–H and O–H groups in total. The summed E-state index contributed by atoms with van der Waals surface area (Å²) < 4.78 is 12.7. The number of nitrogens with zero attached hydrogens (tertiary/aromatic N) is 2. The van der Waals surface area contributed by atoms with Crippen molar-refractivity contribution < 1.29 is 24.2 Å². The van der Waals surface area contributed by atoms with Gasteiger partial charge in [0.2, 0.25) is 11.8 Å². The Morgan fingerprint density at radius 1 is 1.12 bits per heavy atom. The number of phenolic OH excluding ortho intramolecular Hbond substituents is 1. The number of carbonyl (C=O) groups excluding carboxylic acids is 2. The van der Waals surface area contributed by atoms with Crippen LogP contribution >= 0.6 is 11.6 Å². The van der Waals surface area contributed by atoms with E-state index >= 15 is 0 Å². The van der Waals surface area contributed by atoms with Crippen LogP contribution in [0.3, 0.4) is 0 Å². The second-order valence-electron chi connectivity index (χ2n) is 13.0. The average molecular weight is 600 g/mol. The molecule has 2 aromatic rings. The van der Waals surface area contributed by atoms with Gasteiger partial charge in [-0.3, -0.25) is 14.5 Å². The van der Waals surface area contributed by atoms with Gasteiger partial charge < -0.3 is 24.8 Å². The lowest BCUT2D eigenvalue weighted by atomic mass is 9.86. The highest BCUT2D eigenvalue weighted by atomic mass is 35.5. The highest BCUT2D eigenvalue weighted by Gasteiger charge is 2.41. The van der Waals surface area contributed by atoms with Crippen LogP contribution in [-0.2, 0) is 26.3 Å². The van der Waals surface area contributed by atoms with E-state index in [0.29, 0.717) is 50.1 Å². The molecule has 0 radical (unpaired) electrons. The van der Waals surface area contributed by atoms with E-state index in [4.69, 9.17) is 21.1 Å². The number of halogens is 1. The molecule has 2 saturated heterocycles. The Kier molecular flexibility index (Phi) is 10.1. The smallest absolute Gasteiger partial charge is 0.225 e. The number of phenols is 1. The second kappa shape index (κ2) is 13.2. The molecule has 0 spiro atoms. The standard InChI is InChI=1S/C33H46ClN3O5/c1-22-15-28(16-23(2)31(22)34)41-21-33(18-30(40)37-11-9-27(10-12-37)35-24(3)38)20-36(13-14-42-33)19-25-17-26(32(4,5)6)7-8-29(25)39/h7-8,15-17,27,39H,9-14,18-21H2,1-6H3,(H,35,38)/t33-/m0/s1. The molecule has 0 unspecified atom stereocenters. The van der Waals surface area contributed by atoms with Gasteiger partial charge in [-0.15, -0.1) is 0 Å². The van der Waals surface area contributed by atoms with Crippen LogP contribution in [0.5, 0.6) is 11.5 Å². The fraction of sp³-hybridized carbons (Fsp3) is 0.576. The highest BCUT2D eigenvalue weighted by molar-refractivity contribution is 6.32. The molecule has 8 nitrogen and oxygen atoms in total. The molecule has 9 heteroatoms. The fourth-order valence-electron chi connectivity index (χ4n) is 5.88. The molecule has 2 aliphatic heterocycles. The topological polar surface area (TPSA) is 91.3 Å². The van der Waals surface area contributed by atoms with Crippen LogP contribution in [0, 0.1) is 13.8 Å². The number of benzene rings is 2. The predicted molar refractivity (Wildman–Crippen MR) is 165 cm³/mol. The SMILES string of the molecule is CC(=O)NC1CCN(C(=O)C[C@@]2(COc3cc(C)c(Cl)c(C)c3)CN(Cc3cc(C(C)(C)C)ccc3O)CCO2)CC1. The normalized spacial score (nSPS) is 20.4. The van der Waals surface area contributed by atoms with E-state index in [0.717, 1.165) is 35.1 Å². The molecular weight excluding hydrogens is 554 g/mol. The lowest BCUT2D eigenvalue weighted by Crippen LogP contribution is -2.57. The Hall–Kier alpha value is -2.81. The van der Waals surface area contributed by atoms with Crippen LogP contribution < -0.4 is 10.1 Å². The van der Waals surface area contributed by atoms with E-state index in [9.17, 15) is 14.7 Å². The third-order valence-electron chi connectivity index (χ3n) is 8.31. The van der Waals surface area contributed by atoms with Crippen molar-refractivity contribution in [3.8, 4) is 11.5 Å². The van der Waals surface area contributed by atoms with Crippen molar-refractivity contribution in [1.82, 2.24) is 15.1 Å². The van der Waals surface area contributed by atoms with Crippen LogP contribution in [0.15, 0.2) is 30.3 Å². The van der Waals surface area contributed by atoms with Crippen LogP contribution in [0.1, 0.15) is 69.2 Å². The molecule has 0 bridgehead atoms. The van der Waals surface area contributed by atoms with E-state index in [1.807, 2.05) is 36.9 Å². The van der Waals surface area contributed by atoms with Crippen molar-refractivity contribution in [2.45, 2.75) is 84.4 Å². The molecule has 0 aliphatic carbocycles. The summed E-state index contributed by atoms with van der Waals surface area (Å²) >= 11 is 6.39. The number of amides is 2. The average Bonchev–Trinajstić information content (AvgIpc) is 2.91. The van der Waals surface area contributed by atoms with E-state index in [-0.39, 0.29) is 42.0 Å². The number of ether oxygens (including phenoxy) is 2. The van der Waals surface area contributed by atoms with Crippen molar-refractivity contribution in [2.75, 3.05) is 39.4 Å². The number of piperidine rings is 1. The molecule has 2 aromatic carbocycles. The third kappa shape index (κ3) is 8.17. The van der Waals surface area contributed by atoms with E-state index < -0.39 is 5.60 Å². The number of carbonyl (C=O) groups is 2. The summed E-state index contributed by atoms with van der Waals surface area (Å²) in [6.45, 7) is 15.4. The molecule has 2 amide bonds. The maximum atomic E-state index is 13.7. The first-order chi connectivity index (χ1) is 19.7. The van der Waals surface area contributed by atoms with Crippen LogP contribution in [0.2, 0.25) is 5.02 Å². The van der Waals surface area contributed by atoms with Crippen molar-refractivity contribution in [3.05, 3.63) is 57.6 Å². The molecule has 4 rings (SSSR count). The molecule has 0 aromatic heterocycles. The summed E-state index contributed by atoms with van der Waals surface area (Å²) in [6.07, 6.45) is 1.64. The molecule has 2 heterocycles. The van der Waals surface area contributed by atoms with Gasteiger partial charge in [0.25, 0.3) is 0 Å². The minimum Gasteiger partial charge on any atom is -0.508 e. The first-order valence-corrected chi connectivity index (χ1v) is 15.3. The van der Waals surface area contributed by atoms with Gasteiger partial charge in [-0.05, 0) is 67.0 Å². The van der Waals surface area contributed by atoms with Crippen molar-refractivity contribution in [3.63, 3.8) is 0 Å². The summed E-state index contributed by atoms with van der Waals surface area (Å²) in [5, 5.41) is 14.4. The molecule has 1 atom stereocenters. The minimum absolute atomic E-state index is 0.0165. The van der Waals surface area contributed by atoms with Crippen LogP contribution in [0.25, 0.3) is 0 Å². The molecule has 42 heavy (non-hydrogen) atoms. The summed E-state index contributed by atoms with van der Waals surface area (Å²) in [6, 6.07) is 9.74. The summed E-state index contributed by atoms with van der Waals surface area (Å²) in [5.41, 5.74) is 2.96.